The van der Waals surface area contributed by atoms with Crippen LogP contribution in [0.3, 0.4) is 0 Å². The molecule has 0 aromatic rings. The van der Waals surface area contributed by atoms with E-state index in [0.717, 1.165) is 12.8 Å². The molecule has 0 aliphatic heterocycles. The maximum atomic E-state index is 9.96. The quantitative estimate of drug-likeness (QED) is 0.499. The van der Waals surface area contributed by atoms with E-state index in [0.29, 0.717) is 12.9 Å². The van der Waals surface area contributed by atoms with Gasteiger partial charge in [0.2, 0.25) is 0 Å². The number of alkyl halides is 2. The van der Waals surface area contributed by atoms with Crippen LogP contribution in [0.25, 0.3) is 0 Å². The van der Waals surface area contributed by atoms with Gasteiger partial charge in [-0.1, -0.05) is 0 Å². The highest BCUT2D eigenvalue weighted by molar-refractivity contribution is 6.30. The van der Waals surface area contributed by atoms with E-state index in [9.17, 15) is 4.79 Å². The highest BCUT2D eigenvalue weighted by Gasteiger charge is 2.28. The van der Waals surface area contributed by atoms with E-state index in [-0.39, 0.29) is 16.9 Å². The van der Waals surface area contributed by atoms with Crippen molar-refractivity contribution in [3.05, 3.63) is 0 Å². The monoisotopic (exact) mass is 196 g/mol. The third kappa shape index (κ3) is 2.53. The Hall–Kier alpha value is 0.0500. The minimum atomic E-state index is -0.0598. The summed E-state index contributed by atoms with van der Waals surface area (Å²) < 4.78 is 4.78. The first-order valence-corrected chi connectivity index (χ1v) is 4.48. The van der Waals surface area contributed by atoms with Gasteiger partial charge in [0.25, 0.3) is 6.47 Å². The van der Waals surface area contributed by atoms with Crippen LogP contribution >= 0.6 is 23.2 Å². The number of hydrogen-bond donors (Lipinski definition) is 0. The first-order chi connectivity index (χ1) is 5.24. The lowest BCUT2D eigenvalue weighted by Gasteiger charge is -2.27. The van der Waals surface area contributed by atoms with Gasteiger partial charge in [0.05, 0.1) is 10.8 Å². The Bertz CT molecular complexity index is 140. The van der Waals surface area contributed by atoms with Gasteiger partial charge in [-0.15, -0.1) is 23.2 Å². The summed E-state index contributed by atoms with van der Waals surface area (Å²) in [6.45, 7) is 0.475. The van der Waals surface area contributed by atoms with Crippen molar-refractivity contribution in [1.29, 1.82) is 0 Å². The molecule has 0 bridgehead atoms. The van der Waals surface area contributed by atoms with Crippen LogP contribution in [0.15, 0.2) is 0 Å². The zero-order chi connectivity index (χ0) is 8.27. The Kier molecular flexibility index (Phi) is 3.46. The summed E-state index contributed by atoms with van der Waals surface area (Å²) in [5, 5.41) is -0.0291. The minimum Gasteiger partial charge on any atom is -0.465 e. The Morgan fingerprint density at radius 1 is 1.27 bits per heavy atom. The fourth-order valence-electron chi connectivity index (χ4n) is 1.24. The summed E-state index contributed by atoms with van der Waals surface area (Å²) in [7, 11) is 0. The molecular weight excluding hydrogens is 187 g/mol. The maximum absolute atomic E-state index is 9.96. The van der Waals surface area contributed by atoms with Gasteiger partial charge >= 0.3 is 0 Å². The van der Waals surface area contributed by atoms with E-state index < -0.39 is 0 Å². The van der Waals surface area contributed by atoms with Crippen LogP contribution in [0.1, 0.15) is 19.3 Å². The molecule has 1 rings (SSSR count). The fourth-order valence-corrected chi connectivity index (χ4v) is 1.80. The number of carbonyl (C=O) groups excluding carboxylic acids is 1. The molecule has 0 aromatic carbocycles. The van der Waals surface area contributed by atoms with Gasteiger partial charge in [-0.25, -0.2) is 0 Å². The summed E-state index contributed by atoms with van der Waals surface area (Å²) in [5.74, 6) is 0. The number of hydrogen-bond acceptors (Lipinski definition) is 2. The molecule has 2 nitrogen and oxygen atoms in total. The molecular formula is C7H10Cl2O2. The van der Waals surface area contributed by atoms with E-state index in [2.05, 4.69) is 0 Å². The molecule has 3 unspecified atom stereocenters. The highest BCUT2D eigenvalue weighted by atomic mass is 35.5. The first-order valence-electron chi connectivity index (χ1n) is 3.61. The summed E-state index contributed by atoms with van der Waals surface area (Å²) in [5.41, 5.74) is 0. The summed E-state index contributed by atoms with van der Waals surface area (Å²) >= 11 is 11.7. The molecule has 11 heavy (non-hydrogen) atoms. The number of ether oxygens (including phenoxy) is 1. The normalized spacial score (nSPS) is 38.2. The van der Waals surface area contributed by atoms with E-state index in [4.69, 9.17) is 27.9 Å². The maximum Gasteiger partial charge on any atom is 0.293 e. The van der Waals surface area contributed by atoms with Crippen LogP contribution in [-0.4, -0.2) is 23.3 Å². The summed E-state index contributed by atoms with van der Waals surface area (Å²) in [4.78, 5) is 9.96. The van der Waals surface area contributed by atoms with Crippen LogP contribution < -0.4 is 0 Å². The highest BCUT2D eigenvalue weighted by Crippen LogP contribution is 2.28. The van der Waals surface area contributed by atoms with Gasteiger partial charge in [0.1, 0.15) is 6.10 Å². The van der Waals surface area contributed by atoms with E-state index >= 15 is 0 Å². The third-order valence-electron chi connectivity index (χ3n) is 1.89. The molecule has 0 radical (unpaired) electrons. The second kappa shape index (κ2) is 4.17. The molecule has 0 N–H and O–H groups in total. The molecule has 0 amide bonds. The van der Waals surface area contributed by atoms with Gasteiger partial charge in [-0.3, -0.25) is 4.79 Å². The van der Waals surface area contributed by atoms with Crippen LogP contribution in [0.2, 0.25) is 0 Å². The lowest BCUT2D eigenvalue weighted by molar-refractivity contribution is -0.134. The molecule has 0 saturated heterocycles. The molecule has 0 spiro atoms. The van der Waals surface area contributed by atoms with Crippen LogP contribution in [0, 0.1) is 0 Å². The van der Waals surface area contributed by atoms with E-state index in [1.807, 2.05) is 0 Å². The van der Waals surface area contributed by atoms with Crippen molar-refractivity contribution in [2.45, 2.75) is 36.1 Å². The Labute approximate surface area is 75.8 Å². The molecule has 4 heteroatoms. The number of halogens is 2. The Balaban J connectivity index is 2.33. The third-order valence-corrected chi connectivity index (χ3v) is 3.03. The number of rotatable bonds is 2. The zero-order valence-corrected chi connectivity index (χ0v) is 7.52. The van der Waals surface area contributed by atoms with Gasteiger partial charge in [0.15, 0.2) is 0 Å². The molecule has 1 aliphatic carbocycles. The topological polar surface area (TPSA) is 26.3 Å². The average molecular weight is 197 g/mol. The molecule has 64 valence electrons. The second-order valence-electron chi connectivity index (χ2n) is 2.70. The van der Waals surface area contributed by atoms with E-state index in [1.165, 1.54) is 0 Å². The number of carbonyl (C=O) groups is 1. The van der Waals surface area contributed by atoms with Crippen LogP contribution in [0.5, 0.6) is 0 Å². The molecule has 3 atom stereocenters. The van der Waals surface area contributed by atoms with Crippen LogP contribution in [0.4, 0.5) is 0 Å². The lowest BCUT2D eigenvalue weighted by atomic mass is 9.97. The van der Waals surface area contributed by atoms with Crippen molar-refractivity contribution in [3.63, 3.8) is 0 Å². The van der Waals surface area contributed by atoms with Crippen molar-refractivity contribution in [2.24, 2.45) is 0 Å². The van der Waals surface area contributed by atoms with Gasteiger partial charge in [0, 0.05) is 6.42 Å². The summed E-state index contributed by atoms with van der Waals surface area (Å²) in [6, 6.07) is 0. The standard InChI is InChI=1S/C7H10Cl2O2/c8-6-2-1-5(11-4-10)3-7(6)9/h4-7H,1-3H2. The largest absolute Gasteiger partial charge is 0.465 e. The van der Waals surface area contributed by atoms with E-state index in [1.54, 1.807) is 0 Å². The Morgan fingerprint density at radius 2 is 2.00 bits per heavy atom. The predicted octanol–water partition coefficient (Wildman–Crippen LogP) is 1.93. The van der Waals surface area contributed by atoms with Crippen LogP contribution in [-0.2, 0) is 9.53 Å². The predicted molar refractivity (Wildman–Crippen MR) is 44.1 cm³/mol. The van der Waals surface area contributed by atoms with Gasteiger partial charge < -0.3 is 4.74 Å². The first kappa shape index (κ1) is 9.14. The van der Waals surface area contributed by atoms with Crippen molar-refractivity contribution in [3.8, 4) is 0 Å². The Morgan fingerprint density at radius 3 is 2.55 bits per heavy atom. The minimum absolute atomic E-state index is 0.0231. The zero-order valence-electron chi connectivity index (χ0n) is 6.00. The van der Waals surface area contributed by atoms with Crippen molar-refractivity contribution < 1.29 is 9.53 Å². The molecule has 1 fully saturated rings. The van der Waals surface area contributed by atoms with Gasteiger partial charge in [-0.2, -0.15) is 0 Å². The molecule has 1 saturated carbocycles. The van der Waals surface area contributed by atoms with Crippen molar-refractivity contribution in [2.75, 3.05) is 0 Å². The second-order valence-corrected chi connectivity index (χ2v) is 3.82. The fraction of sp³-hybridized carbons (Fsp3) is 0.857. The van der Waals surface area contributed by atoms with Gasteiger partial charge in [-0.05, 0) is 12.8 Å². The SMILES string of the molecule is O=COC1CCC(Cl)C(Cl)C1. The average Bonchev–Trinajstić information content (AvgIpc) is 1.98. The smallest absolute Gasteiger partial charge is 0.293 e. The summed E-state index contributed by atoms with van der Waals surface area (Å²) in [6.07, 6.45) is 2.31. The molecule has 0 heterocycles. The van der Waals surface area contributed by atoms with Crippen molar-refractivity contribution in [1.82, 2.24) is 0 Å². The molecule has 0 aromatic heterocycles. The van der Waals surface area contributed by atoms with Crippen molar-refractivity contribution >= 4 is 29.7 Å². The molecule has 1 aliphatic rings. The lowest BCUT2D eigenvalue weighted by Crippen LogP contribution is -2.30.